The number of nitrogens with two attached hydrogens (primary N) is 1. The molecule has 12 heteroatoms. The predicted octanol–water partition coefficient (Wildman–Crippen LogP) is 4.23. The van der Waals surface area contributed by atoms with Crippen molar-refractivity contribution < 1.29 is 19.1 Å². The number of carbonyl (C=O) groups is 3. The Morgan fingerprint density at radius 2 is 1.73 bits per heavy atom. The predicted molar refractivity (Wildman–Crippen MR) is 163 cm³/mol. The van der Waals surface area contributed by atoms with E-state index in [0.29, 0.717) is 42.9 Å². The number of ether oxygens (including phenoxy) is 1. The number of amides is 3. The van der Waals surface area contributed by atoms with Crippen LogP contribution in [-0.2, 0) is 20.7 Å². The SMILES string of the molecule is CC(C)(C)OC(=O)NCC1CCC(C(=O)N(C(=O)[C@@H](N)Cc2ccc(I)cc2)c2ccc(-c3nn[nH]n3)cc2)CC1. The van der Waals surface area contributed by atoms with Gasteiger partial charge in [0.25, 0.3) is 5.91 Å². The van der Waals surface area contributed by atoms with Gasteiger partial charge in [0, 0.05) is 21.6 Å². The van der Waals surface area contributed by atoms with E-state index in [2.05, 4.69) is 48.5 Å². The van der Waals surface area contributed by atoms with Crippen molar-refractivity contribution in [3.63, 3.8) is 0 Å². The highest BCUT2D eigenvalue weighted by Gasteiger charge is 2.35. The fourth-order valence-corrected chi connectivity index (χ4v) is 5.23. The van der Waals surface area contributed by atoms with Crippen LogP contribution in [0, 0.1) is 15.4 Å². The standard InChI is InChI=1S/C29H36IN7O4/c1-29(2,3)41-28(40)32-17-19-4-8-21(9-5-19)26(38)37(23-14-10-20(11-15-23)25-33-35-36-34-25)27(39)24(31)16-18-6-12-22(30)13-7-18/h6-7,10-15,19,21,24H,4-5,8-9,16-17,31H2,1-3H3,(H,32,40)(H,33,34,35,36)/t19?,21?,24-/m0/s1. The summed E-state index contributed by atoms with van der Waals surface area (Å²) >= 11 is 2.22. The van der Waals surface area contributed by atoms with Crippen LogP contribution in [-0.4, -0.2) is 56.7 Å². The third-order valence-electron chi connectivity index (χ3n) is 6.99. The van der Waals surface area contributed by atoms with E-state index in [9.17, 15) is 14.4 Å². The lowest BCUT2D eigenvalue weighted by molar-refractivity contribution is -0.130. The van der Waals surface area contributed by atoms with E-state index in [1.165, 1.54) is 4.90 Å². The summed E-state index contributed by atoms with van der Waals surface area (Å²) in [5, 5.41) is 16.8. The number of hydrogen-bond acceptors (Lipinski definition) is 8. The highest BCUT2D eigenvalue weighted by Crippen LogP contribution is 2.32. The number of hydrogen-bond donors (Lipinski definition) is 3. The lowest BCUT2D eigenvalue weighted by atomic mass is 9.81. The smallest absolute Gasteiger partial charge is 0.407 e. The van der Waals surface area contributed by atoms with E-state index >= 15 is 0 Å². The molecule has 1 fully saturated rings. The summed E-state index contributed by atoms with van der Waals surface area (Å²) in [6.45, 7) is 5.95. The highest BCUT2D eigenvalue weighted by atomic mass is 127. The van der Waals surface area contributed by atoms with Crippen LogP contribution in [0.15, 0.2) is 48.5 Å². The molecule has 0 bridgehead atoms. The van der Waals surface area contributed by atoms with E-state index in [0.717, 1.165) is 22.0 Å². The van der Waals surface area contributed by atoms with E-state index in [-0.39, 0.29) is 17.7 Å². The minimum atomic E-state index is -0.898. The van der Waals surface area contributed by atoms with Crippen LogP contribution in [0.25, 0.3) is 11.4 Å². The van der Waals surface area contributed by atoms with Gasteiger partial charge in [-0.1, -0.05) is 12.1 Å². The van der Waals surface area contributed by atoms with Gasteiger partial charge in [-0.2, -0.15) is 5.21 Å². The first-order valence-corrected chi connectivity index (χ1v) is 14.8. The van der Waals surface area contributed by atoms with Gasteiger partial charge in [0.15, 0.2) is 0 Å². The summed E-state index contributed by atoms with van der Waals surface area (Å²) in [6, 6.07) is 13.8. The zero-order valence-electron chi connectivity index (χ0n) is 23.5. The summed E-state index contributed by atoms with van der Waals surface area (Å²) in [4.78, 5) is 40.9. The topological polar surface area (TPSA) is 156 Å². The van der Waals surface area contributed by atoms with Gasteiger partial charge in [-0.3, -0.25) is 9.59 Å². The molecule has 4 N–H and O–H groups in total. The molecule has 0 spiro atoms. The number of tetrazole rings is 1. The summed E-state index contributed by atoms with van der Waals surface area (Å²) in [5.74, 6) is -0.407. The van der Waals surface area contributed by atoms with Gasteiger partial charge in [-0.15, -0.1) is 10.2 Å². The first kappa shape index (κ1) is 30.6. The van der Waals surface area contributed by atoms with Crippen molar-refractivity contribution in [1.82, 2.24) is 25.9 Å². The normalized spacial score (nSPS) is 17.9. The molecule has 0 aliphatic heterocycles. The van der Waals surface area contributed by atoms with Crippen LogP contribution in [0.3, 0.4) is 0 Å². The molecular weight excluding hydrogens is 637 g/mol. The Bertz CT molecular complexity index is 1320. The molecule has 11 nitrogen and oxygen atoms in total. The number of benzene rings is 2. The van der Waals surface area contributed by atoms with Crippen molar-refractivity contribution in [1.29, 1.82) is 0 Å². The Kier molecular flexibility index (Phi) is 10.1. The first-order chi connectivity index (χ1) is 19.5. The van der Waals surface area contributed by atoms with Crippen molar-refractivity contribution in [3.8, 4) is 11.4 Å². The molecule has 0 saturated heterocycles. The molecule has 2 aromatic carbocycles. The quantitative estimate of drug-likeness (QED) is 0.300. The van der Waals surface area contributed by atoms with Crippen LogP contribution < -0.4 is 16.0 Å². The molecule has 41 heavy (non-hydrogen) atoms. The second-order valence-electron chi connectivity index (χ2n) is 11.3. The third-order valence-corrected chi connectivity index (χ3v) is 7.71. The summed E-state index contributed by atoms with van der Waals surface area (Å²) in [6.07, 6.45) is 2.58. The Morgan fingerprint density at radius 3 is 2.32 bits per heavy atom. The number of H-pyrrole nitrogens is 1. The molecule has 1 atom stereocenters. The molecule has 3 aromatic rings. The van der Waals surface area contributed by atoms with Crippen LogP contribution in [0.2, 0.25) is 0 Å². The van der Waals surface area contributed by atoms with Crippen LogP contribution in [0.1, 0.15) is 52.0 Å². The first-order valence-electron chi connectivity index (χ1n) is 13.7. The van der Waals surface area contributed by atoms with Gasteiger partial charge in [-0.05, 0) is 129 Å². The third kappa shape index (κ3) is 8.55. The maximum atomic E-state index is 13.9. The zero-order valence-corrected chi connectivity index (χ0v) is 25.6. The van der Waals surface area contributed by atoms with Gasteiger partial charge < -0.3 is 15.8 Å². The van der Waals surface area contributed by atoms with Gasteiger partial charge in [-0.25, -0.2) is 9.69 Å². The van der Waals surface area contributed by atoms with E-state index in [1.54, 1.807) is 24.3 Å². The number of alkyl carbamates (subject to hydrolysis) is 1. The molecule has 0 unspecified atom stereocenters. The van der Waals surface area contributed by atoms with E-state index in [4.69, 9.17) is 10.5 Å². The molecule has 3 amide bonds. The molecule has 1 saturated carbocycles. The number of nitrogens with zero attached hydrogens (tertiary/aromatic N) is 4. The van der Waals surface area contributed by atoms with Gasteiger partial charge in [0.1, 0.15) is 5.60 Å². The van der Waals surface area contributed by atoms with Gasteiger partial charge in [0.05, 0.1) is 11.7 Å². The number of rotatable bonds is 8. The minimum absolute atomic E-state index is 0.230. The van der Waals surface area contributed by atoms with Gasteiger partial charge in [0.2, 0.25) is 11.7 Å². The summed E-state index contributed by atoms with van der Waals surface area (Å²) in [7, 11) is 0. The number of aromatic nitrogens is 4. The summed E-state index contributed by atoms with van der Waals surface area (Å²) < 4.78 is 6.41. The van der Waals surface area contributed by atoms with E-state index < -0.39 is 23.6 Å². The Hall–Kier alpha value is -3.39. The maximum absolute atomic E-state index is 13.9. The summed E-state index contributed by atoms with van der Waals surface area (Å²) in [5.41, 5.74) is 7.90. The van der Waals surface area contributed by atoms with Crippen LogP contribution in [0.5, 0.6) is 0 Å². The molecule has 1 heterocycles. The second kappa shape index (κ2) is 13.5. The van der Waals surface area contributed by atoms with Crippen molar-refractivity contribution in [2.24, 2.45) is 17.6 Å². The number of aromatic amines is 1. The minimum Gasteiger partial charge on any atom is -0.444 e. The largest absolute Gasteiger partial charge is 0.444 e. The Balaban J connectivity index is 1.46. The van der Waals surface area contributed by atoms with Crippen molar-refractivity contribution in [2.75, 3.05) is 11.4 Å². The molecular formula is C29H36IN7O4. The van der Waals surface area contributed by atoms with Crippen LogP contribution in [0.4, 0.5) is 10.5 Å². The Morgan fingerprint density at radius 1 is 1.07 bits per heavy atom. The molecule has 1 aliphatic carbocycles. The molecule has 1 aliphatic rings. The number of carbonyl (C=O) groups excluding carboxylic acids is 3. The van der Waals surface area contributed by atoms with Gasteiger partial charge >= 0.3 is 6.09 Å². The number of imide groups is 1. The van der Waals surface area contributed by atoms with Crippen molar-refractivity contribution in [2.45, 2.75) is 64.5 Å². The lowest BCUT2D eigenvalue weighted by Gasteiger charge is -2.32. The van der Waals surface area contributed by atoms with Crippen LogP contribution >= 0.6 is 22.6 Å². The Labute approximate surface area is 253 Å². The fraction of sp³-hybridized carbons (Fsp3) is 0.448. The van der Waals surface area contributed by atoms with Crippen molar-refractivity contribution in [3.05, 3.63) is 57.7 Å². The second-order valence-corrected chi connectivity index (χ2v) is 12.6. The number of anilines is 1. The zero-order chi connectivity index (χ0) is 29.6. The average molecular weight is 674 g/mol. The van der Waals surface area contributed by atoms with Crippen molar-refractivity contribution >= 4 is 46.2 Å². The van der Waals surface area contributed by atoms with E-state index in [1.807, 2.05) is 45.0 Å². The number of nitrogens with one attached hydrogen (secondary N) is 2. The number of halogens is 1. The molecule has 218 valence electrons. The monoisotopic (exact) mass is 673 g/mol. The highest BCUT2D eigenvalue weighted by molar-refractivity contribution is 14.1. The molecule has 1 aromatic heterocycles. The molecule has 0 radical (unpaired) electrons. The average Bonchev–Trinajstić information content (AvgIpc) is 3.48. The maximum Gasteiger partial charge on any atom is 0.407 e. The lowest BCUT2D eigenvalue weighted by Crippen LogP contribution is -2.50. The fourth-order valence-electron chi connectivity index (χ4n) is 4.87. The molecule has 4 rings (SSSR count).